The molecule has 0 aromatic carbocycles. The van der Waals surface area contributed by atoms with Crippen molar-refractivity contribution in [3.8, 4) is 0 Å². The van der Waals surface area contributed by atoms with Gasteiger partial charge in [-0.2, -0.15) is 11.8 Å². The highest BCUT2D eigenvalue weighted by Gasteiger charge is 2.15. The van der Waals surface area contributed by atoms with Crippen molar-refractivity contribution in [1.82, 2.24) is 9.80 Å². The second-order valence-electron chi connectivity index (χ2n) is 4.71. The van der Waals surface area contributed by atoms with Crippen LogP contribution in [0.2, 0.25) is 0 Å². The van der Waals surface area contributed by atoms with Crippen molar-refractivity contribution in [2.75, 3.05) is 51.8 Å². The van der Waals surface area contributed by atoms with Gasteiger partial charge >= 0.3 is 0 Å². The van der Waals surface area contributed by atoms with Gasteiger partial charge < -0.3 is 10.6 Å². The molecule has 0 saturated heterocycles. The van der Waals surface area contributed by atoms with Crippen LogP contribution in [-0.4, -0.2) is 67.6 Å². The zero-order valence-corrected chi connectivity index (χ0v) is 12.9. The maximum atomic E-state index is 5.93. The summed E-state index contributed by atoms with van der Waals surface area (Å²) in [6, 6.07) is 0.564. The van der Waals surface area contributed by atoms with Crippen LogP contribution in [0.15, 0.2) is 0 Å². The van der Waals surface area contributed by atoms with Gasteiger partial charge in [-0.25, -0.2) is 0 Å². The summed E-state index contributed by atoms with van der Waals surface area (Å²) in [5.74, 6) is 2.45. The number of likely N-dealkylation sites (N-methyl/N-ethyl adjacent to an activating group) is 1. The molecule has 0 amide bonds. The molecule has 104 valence electrons. The molecule has 0 aromatic rings. The highest BCUT2D eigenvalue weighted by molar-refractivity contribution is 7.99. The summed E-state index contributed by atoms with van der Waals surface area (Å²) in [4.78, 5) is 4.81. The van der Waals surface area contributed by atoms with Crippen LogP contribution in [0.4, 0.5) is 0 Å². The van der Waals surface area contributed by atoms with Crippen LogP contribution in [0.5, 0.6) is 0 Å². The molecule has 0 aromatic heterocycles. The van der Waals surface area contributed by atoms with Crippen molar-refractivity contribution in [3.63, 3.8) is 0 Å². The first kappa shape index (κ1) is 17.2. The van der Waals surface area contributed by atoms with E-state index in [0.717, 1.165) is 19.6 Å². The molecule has 0 spiro atoms. The van der Waals surface area contributed by atoms with Crippen LogP contribution < -0.4 is 5.73 Å². The molecule has 1 atom stereocenters. The number of nitrogens with zero attached hydrogens (tertiary/aromatic N) is 2. The Labute approximate surface area is 112 Å². The maximum absolute atomic E-state index is 5.93. The molecule has 1 unspecified atom stereocenters. The molecule has 17 heavy (non-hydrogen) atoms. The van der Waals surface area contributed by atoms with E-state index < -0.39 is 0 Å². The zero-order valence-electron chi connectivity index (χ0n) is 12.1. The number of hydrogen-bond donors (Lipinski definition) is 1. The van der Waals surface area contributed by atoms with Gasteiger partial charge in [0.05, 0.1) is 0 Å². The summed E-state index contributed by atoms with van der Waals surface area (Å²) in [6.45, 7) is 8.69. The van der Waals surface area contributed by atoms with Crippen molar-refractivity contribution in [3.05, 3.63) is 0 Å². The number of rotatable bonds is 11. The Morgan fingerprint density at radius 1 is 1.12 bits per heavy atom. The van der Waals surface area contributed by atoms with Gasteiger partial charge in [-0.1, -0.05) is 13.8 Å². The van der Waals surface area contributed by atoms with Gasteiger partial charge in [0.1, 0.15) is 0 Å². The average molecular weight is 261 g/mol. The molecule has 3 nitrogen and oxygen atoms in total. The molecule has 0 rings (SSSR count). The van der Waals surface area contributed by atoms with Crippen molar-refractivity contribution in [2.24, 2.45) is 5.73 Å². The normalized spacial score (nSPS) is 13.6. The third-order valence-electron chi connectivity index (χ3n) is 2.93. The van der Waals surface area contributed by atoms with Gasteiger partial charge in [0.25, 0.3) is 0 Å². The first-order chi connectivity index (χ1) is 8.15. The molecule has 0 radical (unpaired) electrons. The SMILES string of the molecule is CCCN(CCN(C)C)C(CN)CCSCC. The molecular formula is C13H31N3S. The van der Waals surface area contributed by atoms with Crippen LogP contribution in [-0.2, 0) is 0 Å². The van der Waals surface area contributed by atoms with E-state index in [4.69, 9.17) is 5.73 Å². The van der Waals surface area contributed by atoms with Gasteiger partial charge in [-0.3, -0.25) is 4.90 Å². The number of thioether (sulfide) groups is 1. The third-order valence-corrected chi connectivity index (χ3v) is 3.87. The fraction of sp³-hybridized carbons (Fsp3) is 1.00. The Morgan fingerprint density at radius 2 is 1.82 bits per heavy atom. The maximum Gasteiger partial charge on any atom is 0.0226 e. The molecule has 4 heteroatoms. The monoisotopic (exact) mass is 261 g/mol. The van der Waals surface area contributed by atoms with Crippen LogP contribution >= 0.6 is 11.8 Å². The fourth-order valence-electron chi connectivity index (χ4n) is 1.91. The summed E-state index contributed by atoms with van der Waals surface area (Å²) in [7, 11) is 4.27. The summed E-state index contributed by atoms with van der Waals surface area (Å²) in [6.07, 6.45) is 2.44. The van der Waals surface area contributed by atoms with Crippen molar-refractivity contribution in [1.29, 1.82) is 0 Å². The molecule has 2 N–H and O–H groups in total. The summed E-state index contributed by atoms with van der Waals surface area (Å²) >= 11 is 2.02. The van der Waals surface area contributed by atoms with E-state index in [1.165, 1.54) is 30.9 Å². The van der Waals surface area contributed by atoms with E-state index in [1.54, 1.807) is 0 Å². The second-order valence-corrected chi connectivity index (χ2v) is 6.11. The third kappa shape index (κ3) is 8.89. The lowest BCUT2D eigenvalue weighted by atomic mass is 10.2. The minimum atomic E-state index is 0.564. The molecule has 0 bridgehead atoms. The van der Waals surface area contributed by atoms with Crippen LogP contribution in [0.25, 0.3) is 0 Å². The zero-order chi connectivity index (χ0) is 13.1. The van der Waals surface area contributed by atoms with E-state index in [-0.39, 0.29) is 0 Å². The van der Waals surface area contributed by atoms with Crippen LogP contribution in [0, 0.1) is 0 Å². The molecule has 0 fully saturated rings. The smallest absolute Gasteiger partial charge is 0.0226 e. The summed E-state index contributed by atoms with van der Waals surface area (Å²) < 4.78 is 0. The molecule has 0 heterocycles. The van der Waals surface area contributed by atoms with Gasteiger partial charge in [0, 0.05) is 25.7 Å². The Bertz CT molecular complexity index is 165. The highest BCUT2D eigenvalue weighted by atomic mass is 32.2. The quantitative estimate of drug-likeness (QED) is 0.574. The number of hydrogen-bond acceptors (Lipinski definition) is 4. The lowest BCUT2D eigenvalue weighted by Gasteiger charge is -2.31. The van der Waals surface area contributed by atoms with Crippen molar-refractivity contribution in [2.45, 2.75) is 32.7 Å². The Balaban J connectivity index is 4.09. The Hall–Kier alpha value is 0.230. The van der Waals surface area contributed by atoms with Crippen LogP contribution in [0.3, 0.4) is 0 Å². The first-order valence-electron chi connectivity index (χ1n) is 6.82. The van der Waals surface area contributed by atoms with E-state index in [1.807, 2.05) is 11.8 Å². The summed E-state index contributed by atoms with van der Waals surface area (Å²) in [5.41, 5.74) is 5.93. The van der Waals surface area contributed by atoms with E-state index >= 15 is 0 Å². The molecule has 0 aliphatic heterocycles. The molecular weight excluding hydrogens is 230 g/mol. The highest BCUT2D eigenvalue weighted by Crippen LogP contribution is 2.10. The van der Waals surface area contributed by atoms with Crippen LogP contribution in [0.1, 0.15) is 26.7 Å². The van der Waals surface area contributed by atoms with Crippen molar-refractivity contribution < 1.29 is 0 Å². The number of nitrogens with two attached hydrogens (primary N) is 1. The predicted molar refractivity (Wildman–Crippen MR) is 80.9 cm³/mol. The fourth-order valence-corrected chi connectivity index (χ4v) is 2.63. The Morgan fingerprint density at radius 3 is 2.29 bits per heavy atom. The van der Waals surface area contributed by atoms with E-state index in [0.29, 0.717) is 6.04 Å². The molecule has 0 saturated carbocycles. The predicted octanol–water partition coefficient (Wildman–Crippen LogP) is 1.73. The van der Waals surface area contributed by atoms with Gasteiger partial charge in [-0.15, -0.1) is 0 Å². The first-order valence-corrected chi connectivity index (χ1v) is 7.97. The Kier molecular flexibility index (Phi) is 11.5. The minimum Gasteiger partial charge on any atom is -0.329 e. The largest absolute Gasteiger partial charge is 0.329 e. The lowest BCUT2D eigenvalue weighted by Crippen LogP contribution is -2.44. The average Bonchev–Trinajstić information content (AvgIpc) is 2.30. The minimum absolute atomic E-state index is 0.564. The second kappa shape index (κ2) is 11.3. The lowest BCUT2D eigenvalue weighted by molar-refractivity contribution is 0.178. The van der Waals surface area contributed by atoms with Gasteiger partial charge in [0.2, 0.25) is 0 Å². The van der Waals surface area contributed by atoms with Gasteiger partial charge in [-0.05, 0) is 45.0 Å². The summed E-state index contributed by atoms with van der Waals surface area (Å²) in [5, 5.41) is 0. The van der Waals surface area contributed by atoms with E-state index in [2.05, 4.69) is 37.7 Å². The van der Waals surface area contributed by atoms with Crippen molar-refractivity contribution >= 4 is 11.8 Å². The topological polar surface area (TPSA) is 32.5 Å². The standard InChI is InChI=1S/C13H31N3S/c1-5-8-16(10-9-15(3)4)13(12-14)7-11-17-6-2/h13H,5-12,14H2,1-4H3. The molecule has 0 aliphatic rings. The van der Waals surface area contributed by atoms with Gasteiger partial charge in [0.15, 0.2) is 0 Å². The molecule has 0 aliphatic carbocycles. The van der Waals surface area contributed by atoms with E-state index in [9.17, 15) is 0 Å².